The topological polar surface area (TPSA) is 50.2 Å². The van der Waals surface area contributed by atoms with Crippen molar-refractivity contribution in [1.82, 2.24) is 14.7 Å². The predicted octanol–water partition coefficient (Wildman–Crippen LogP) is 3.55. The van der Waals surface area contributed by atoms with E-state index >= 15 is 0 Å². The smallest absolute Gasteiger partial charge is 0.227 e. The molecule has 2 aromatic rings. The van der Waals surface area contributed by atoms with Crippen molar-refractivity contribution in [3.8, 4) is 0 Å². The van der Waals surface area contributed by atoms with Crippen LogP contribution >= 0.6 is 11.6 Å². The summed E-state index contributed by atoms with van der Waals surface area (Å²) in [6.07, 6.45) is 4.99. The van der Waals surface area contributed by atoms with Crippen LogP contribution in [-0.4, -0.2) is 33.7 Å². The van der Waals surface area contributed by atoms with Gasteiger partial charge in [0, 0.05) is 35.8 Å². The van der Waals surface area contributed by atoms with Crippen LogP contribution in [0.2, 0.25) is 5.02 Å². The first-order chi connectivity index (χ1) is 12.1. The molecule has 1 aliphatic heterocycles. The van der Waals surface area contributed by atoms with Gasteiger partial charge in [0.05, 0.1) is 11.9 Å². The maximum Gasteiger partial charge on any atom is 0.227 e. The summed E-state index contributed by atoms with van der Waals surface area (Å²) in [5.41, 5.74) is 1.26. The fraction of sp³-hybridized carbons (Fsp3) is 0.444. The average molecular weight is 365 g/mol. The molecule has 0 radical (unpaired) electrons. The van der Waals surface area contributed by atoms with E-state index in [9.17, 15) is 9.18 Å². The van der Waals surface area contributed by atoms with Crippen LogP contribution in [0.15, 0.2) is 30.6 Å². The highest BCUT2D eigenvalue weighted by atomic mass is 35.5. The van der Waals surface area contributed by atoms with Crippen LogP contribution in [0.5, 0.6) is 0 Å². The molecule has 25 heavy (non-hydrogen) atoms. The minimum absolute atomic E-state index is 0.0271. The summed E-state index contributed by atoms with van der Waals surface area (Å²) in [7, 11) is 0. The van der Waals surface area contributed by atoms with Crippen LogP contribution < -0.4 is 5.32 Å². The SMILES string of the molecule is CCn1cc(NC(=O)C2CCN(Cc3c(F)cccc3Cl)CC2)cn1. The van der Waals surface area contributed by atoms with Crippen LogP contribution in [0, 0.1) is 11.7 Å². The number of carbonyl (C=O) groups excluding carboxylic acids is 1. The van der Waals surface area contributed by atoms with Crippen molar-refractivity contribution >= 4 is 23.2 Å². The van der Waals surface area contributed by atoms with Gasteiger partial charge in [-0.05, 0) is 45.0 Å². The number of hydrogen-bond acceptors (Lipinski definition) is 3. The molecule has 5 nitrogen and oxygen atoms in total. The standard InChI is InChI=1S/C18H22ClFN4O/c1-2-24-11-14(10-21-24)22-18(25)13-6-8-23(9-7-13)12-15-16(19)4-3-5-17(15)20/h3-5,10-11,13H,2,6-9,12H2,1H3,(H,22,25). The largest absolute Gasteiger partial charge is 0.323 e. The molecule has 2 heterocycles. The third-order valence-electron chi connectivity index (χ3n) is 4.63. The Hall–Kier alpha value is -1.92. The van der Waals surface area contributed by atoms with E-state index in [1.165, 1.54) is 6.07 Å². The van der Waals surface area contributed by atoms with Gasteiger partial charge in [-0.15, -0.1) is 0 Å². The van der Waals surface area contributed by atoms with Gasteiger partial charge in [-0.3, -0.25) is 14.4 Å². The molecular formula is C18H22ClFN4O. The molecule has 1 fully saturated rings. The van der Waals surface area contributed by atoms with Crippen LogP contribution in [-0.2, 0) is 17.9 Å². The highest BCUT2D eigenvalue weighted by Crippen LogP contribution is 2.25. The number of nitrogens with one attached hydrogen (secondary N) is 1. The number of aromatic nitrogens is 2. The van der Waals surface area contributed by atoms with Crippen molar-refractivity contribution in [3.63, 3.8) is 0 Å². The molecule has 7 heteroatoms. The zero-order valence-electron chi connectivity index (χ0n) is 14.2. The summed E-state index contributed by atoms with van der Waals surface area (Å²) in [4.78, 5) is 14.5. The number of likely N-dealkylation sites (tertiary alicyclic amines) is 1. The highest BCUT2D eigenvalue weighted by Gasteiger charge is 2.26. The lowest BCUT2D eigenvalue weighted by atomic mass is 9.95. The third-order valence-corrected chi connectivity index (χ3v) is 4.98. The number of benzene rings is 1. The summed E-state index contributed by atoms with van der Waals surface area (Å²) in [5.74, 6) is -0.281. The lowest BCUT2D eigenvalue weighted by molar-refractivity contribution is -0.121. The molecule has 0 unspecified atom stereocenters. The van der Waals surface area contributed by atoms with Gasteiger partial charge in [0.25, 0.3) is 0 Å². The first-order valence-corrected chi connectivity index (χ1v) is 8.93. The van der Waals surface area contributed by atoms with E-state index in [-0.39, 0.29) is 17.6 Å². The average Bonchev–Trinajstić information content (AvgIpc) is 3.06. The van der Waals surface area contributed by atoms with E-state index in [1.54, 1.807) is 23.0 Å². The molecule has 1 amide bonds. The van der Waals surface area contributed by atoms with E-state index in [0.717, 1.165) is 38.2 Å². The number of halogens is 2. The zero-order chi connectivity index (χ0) is 17.8. The zero-order valence-corrected chi connectivity index (χ0v) is 15.0. The minimum Gasteiger partial charge on any atom is -0.323 e. The first kappa shape index (κ1) is 17.9. The van der Waals surface area contributed by atoms with Crippen LogP contribution in [0.3, 0.4) is 0 Å². The Kier molecular flexibility index (Phi) is 5.71. The fourth-order valence-corrected chi connectivity index (χ4v) is 3.33. The monoisotopic (exact) mass is 364 g/mol. The van der Waals surface area contributed by atoms with Crippen LogP contribution in [0.1, 0.15) is 25.3 Å². The summed E-state index contributed by atoms with van der Waals surface area (Å²) in [5, 5.41) is 7.53. The Balaban J connectivity index is 1.52. The van der Waals surface area contributed by atoms with Gasteiger partial charge < -0.3 is 5.32 Å². The molecule has 1 saturated heterocycles. The molecule has 134 valence electrons. The maximum absolute atomic E-state index is 13.9. The second-order valence-electron chi connectivity index (χ2n) is 6.32. The molecule has 0 aliphatic carbocycles. The summed E-state index contributed by atoms with van der Waals surface area (Å²) in [6.45, 7) is 4.74. The number of hydrogen-bond donors (Lipinski definition) is 1. The van der Waals surface area contributed by atoms with Gasteiger partial charge >= 0.3 is 0 Å². The Labute approximate surface area is 151 Å². The molecule has 0 atom stereocenters. The van der Waals surface area contributed by atoms with E-state index in [4.69, 9.17) is 11.6 Å². The quantitative estimate of drug-likeness (QED) is 0.882. The molecular weight excluding hydrogens is 343 g/mol. The highest BCUT2D eigenvalue weighted by molar-refractivity contribution is 6.31. The molecule has 3 rings (SSSR count). The minimum atomic E-state index is -0.277. The van der Waals surface area contributed by atoms with Gasteiger partial charge in [0.15, 0.2) is 0 Å². The number of carbonyl (C=O) groups is 1. The normalized spacial score (nSPS) is 16.1. The van der Waals surface area contributed by atoms with E-state index in [2.05, 4.69) is 15.3 Å². The van der Waals surface area contributed by atoms with Gasteiger partial charge in [0.2, 0.25) is 5.91 Å². The van der Waals surface area contributed by atoms with Gasteiger partial charge in [-0.2, -0.15) is 5.10 Å². The van der Waals surface area contributed by atoms with E-state index < -0.39 is 0 Å². The first-order valence-electron chi connectivity index (χ1n) is 8.55. The summed E-state index contributed by atoms with van der Waals surface area (Å²) >= 11 is 6.09. The molecule has 1 aromatic carbocycles. The van der Waals surface area contributed by atoms with Crippen molar-refractivity contribution in [3.05, 3.63) is 47.0 Å². The Morgan fingerprint density at radius 2 is 2.16 bits per heavy atom. The van der Waals surface area contributed by atoms with E-state index in [1.807, 2.05) is 13.1 Å². The van der Waals surface area contributed by atoms with E-state index in [0.29, 0.717) is 17.1 Å². The number of anilines is 1. The molecule has 1 aliphatic rings. The van der Waals surface area contributed by atoms with Gasteiger partial charge in [0.1, 0.15) is 5.82 Å². The van der Waals surface area contributed by atoms with Crippen molar-refractivity contribution in [2.75, 3.05) is 18.4 Å². The van der Waals surface area contributed by atoms with Crippen LogP contribution in [0.25, 0.3) is 0 Å². The second-order valence-corrected chi connectivity index (χ2v) is 6.73. The molecule has 1 aromatic heterocycles. The Bertz CT molecular complexity index is 720. The van der Waals surface area contributed by atoms with Crippen molar-refractivity contribution < 1.29 is 9.18 Å². The maximum atomic E-state index is 13.9. The molecule has 1 N–H and O–H groups in total. The second kappa shape index (κ2) is 7.97. The van der Waals surface area contributed by atoms with Crippen molar-refractivity contribution in [2.45, 2.75) is 32.9 Å². The van der Waals surface area contributed by atoms with Gasteiger partial charge in [-0.1, -0.05) is 17.7 Å². The molecule has 0 bridgehead atoms. The Morgan fingerprint density at radius 1 is 1.40 bits per heavy atom. The predicted molar refractivity (Wildman–Crippen MR) is 95.9 cm³/mol. The number of amides is 1. The lowest BCUT2D eigenvalue weighted by Gasteiger charge is -2.31. The Morgan fingerprint density at radius 3 is 2.80 bits per heavy atom. The fourth-order valence-electron chi connectivity index (χ4n) is 3.11. The number of piperidine rings is 1. The number of aryl methyl sites for hydroxylation is 1. The van der Waals surface area contributed by atoms with Crippen molar-refractivity contribution in [2.24, 2.45) is 5.92 Å². The van der Waals surface area contributed by atoms with Crippen molar-refractivity contribution in [1.29, 1.82) is 0 Å². The number of rotatable bonds is 5. The third kappa shape index (κ3) is 4.38. The summed E-state index contributed by atoms with van der Waals surface area (Å²) in [6, 6.07) is 4.74. The van der Waals surface area contributed by atoms with Crippen LogP contribution in [0.4, 0.5) is 10.1 Å². The lowest BCUT2D eigenvalue weighted by Crippen LogP contribution is -2.38. The number of nitrogens with zero attached hydrogens (tertiary/aromatic N) is 3. The molecule has 0 saturated carbocycles. The van der Waals surface area contributed by atoms with Gasteiger partial charge in [-0.25, -0.2) is 4.39 Å². The molecule has 0 spiro atoms. The summed E-state index contributed by atoms with van der Waals surface area (Å²) < 4.78 is 15.7.